The predicted octanol–water partition coefficient (Wildman–Crippen LogP) is 2.44. The average Bonchev–Trinajstić information content (AvgIpc) is 2.93. The van der Waals surface area contributed by atoms with Crippen molar-refractivity contribution in [3.8, 4) is 0 Å². The summed E-state index contributed by atoms with van der Waals surface area (Å²) in [6.45, 7) is 5.59. The number of hydrogen-bond donors (Lipinski definition) is 0. The Morgan fingerprint density at radius 1 is 1.29 bits per heavy atom. The smallest absolute Gasteiger partial charge is 0.254 e. The second-order valence-electron chi connectivity index (χ2n) is 6.72. The summed E-state index contributed by atoms with van der Waals surface area (Å²) in [7, 11) is 3.85. The maximum atomic E-state index is 12.9. The molecule has 0 saturated carbocycles. The Hall–Kier alpha value is -2.37. The molecule has 6 heteroatoms. The Kier molecular flexibility index (Phi) is 4.55. The number of amides is 1. The van der Waals surface area contributed by atoms with Crippen LogP contribution in [0.3, 0.4) is 0 Å². The third-order valence-corrected chi connectivity index (χ3v) is 4.52. The van der Waals surface area contributed by atoms with Gasteiger partial charge in [-0.2, -0.15) is 5.10 Å². The van der Waals surface area contributed by atoms with Crippen molar-refractivity contribution < 1.29 is 4.79 Å². The number of piperidine rings is 1. The molecule has 0 bridgehead atoms. The molecule has 2 aromatic rings. The summed E-state index contributed by atoms with van der Waals surface area (Å²) < 4.78 is 2.08. The number of nitrogens with zero attached hydrogens (tertiary/aromatic N) is 5. The Bertz CT molecular complexity index is 737. The first-order valence-electron chi connectivity index (χ1n) is 8.41. The van der Waals surface area contributed by atoms with Crippen LogP contribution in [-0.4, -0.2) is 52.8 Å². The van der Waals surface area contributed by atoms with E-state index >= 15 is 0 Å². The zero-order chi connectivity index (χ0) is 17.3. The van der Waals surface area contributed by atoms with Crippen LogP contribution in [0.4, 0.5) is 5.82 Å². The second-order valence-corrected chi connectivity index (χ2v) is 6.72. The summed E-state index contributed by atoms with van der Waals surface area (Å²) in [6, 6.07) is 6.00. The zero-order valence-corrected chi connectivity index (χ0v) is 14.9. The van der Waals surface area contributed by atoms with Crippen molar-refractivity contribution in [3.05, 3.63) is 41.3 Å². The lowest BCUT2D eigenvalue weighted by Gasteiger charge is -2.33. The van der Waals surface area contributed by atoms with Gasteiger partial charge in [-0.15, -0.1) is 0 Å². The Morgan fingerprint density at radius 2 is 2.08 bits per heavy atom. The number of likely N-dealkylation sites (tertiary alicyclic amines) is 1. The first-order chi connectivity index (χ1) is 11.5. The number of anilines is 1. The molecule has 24 heavy (non-hydrogen) atoms. The molecular weight excluding hydrogens is 302 g/mol. The van der Waals surface area contributed by atoms with Gasteiger partial charge in [0.2, 0.25) is 0 Å². The normalized spacial score (nSPS) is 17.8. The van der Waals surface area contributed by atoms with E-state index in [9.17, 15) is 4.79 Å². The fourth-order valence-corrected chi connectivity index (χ4v) is 3.33. The van der Waals surface area contributed by atoms with Gasteiger partial charge in [0.05, 0.1) is 11.7 Å². The number of carbonyl (C=O) groups excluding carboxylic acids is 1. The van der Waals surface area contributed by atoms with Crippen LogP contribution in [0.5, 0.6) is 0 Å². The summed E-state index contributed by atoms with van der Waals surface area (Å²) >= 11 is 0. The van der Waals surface area contributed by atoms with Gasteiger partial charge in [0.25, 0.3) is 5.91 Å². The van der Waals surface area contributed by atoms with Crippen molar-refractivity contribution in [2.45, 2.75) is 32.7 Å². The Labute approximate surface area is 143 Å². The quantitative estimate of drug-likeness (QED) is 0.869. The van der Waals surface area contributed by atoms with E-state index in [-0.39, 0.29) is 11.9 Å². The van der Waals surface area contributed by atoms with Crippen LogP contribution in [0, 0.1) is 13.8 Å². The van der Waals surface area contributed by atoms with E-state index in [1.807, 2.05) is 36.9 Å². The van der Waals surface area contributed by atoms with Gasteiger partial charge in [-0.05, 0) is 44.9 Å². The minimum atomic E-state index is 0.0757. The standard InChI is InChI=1S/C18H25N5O/c1-13-10-14(2)23(20-13)16-6-5-9-22(12-16)18(24)15-7-8-19-17(11-15)21(3)4/h7-8,10-11,16H,5-6,9,12H2,1-4H3/t16-/m0/s1. The molecule has 1 aliphatic heterocycles. The van der Waals surface area contributed by atoms with Crippen LogP contribution in [0.25, 0.3) is 0 Å². The van der Waals surface area contributed by atoms with Crippen LogP contribution in [-0.2, 0) is 0 Å². The van der Waals surface area contributed by atoms with E-state index in [4.69, 9.17) is 0 Å². The van der Waals surface area contributed by atoms with Gasteiger partial charge in [-0.25, -0.2) is 4.98 Å². The number of aryl methyl sites for hydroxylation is 2. The van der Waals surface area contributed by atoms with E-state index in [1.54, 1.807) is 12.3 Å². The molecule has 3 rings (SSSR count). The number of rotatable bonds is 3. The largest absolute Gasteiger partial charge is 0.363 e. The van der Waals surface area contributed by atoms with E-state index in [1.165, 1.54) is 0 Å². The Balaban J connectivity index is 1.78. The topological polar surface area (TPSA) is 54.3 Å². The molecule has 0 N–H and O–H groups in total. The Morgan fingerprint density at radius 3 is 2.75 bits per heavy atom. The molecule has 0 radical (unpaired) electrons. The predicted molar refractivity (Wildman–Crippen MR) is 94.4 cm³/mol. The molecule has 2 aromatic heterocycles. The maximum absolute atomic E-state index is 12.9. The molecule has 0 spiro atoms. The lowest BCUT2D eigenvalue weighted by atomic mass is 10.0. The third kappa shape index (κ3) is 3.27. The van der Waals surface area contributed by atoms with Gasteiger partial charge >= 0.3 is 0 Å². The highest BCUT2D eigenvalue weighted by molar-refractivity contribution is 5.94. The minimum Gasteiger partial charge on any atom is -0.363 e. The van der Waals surface area contributed by atoms with Crippen LogP contribution < -0.4 is 4.90 Å². The highest BCUT2D eigenvalue weighted by Crippen LogP contribution is 2.24. The first-order valence-corrected chi connectivity index (χ1v) is 8.41. The monoisotopic (exact) mass is 327 g/mol. The van der Waals surface area contributed by atoms with Crippen molar-refractivity contribution in [3.63, 3.8) is 0 Å². The molecule has 6 nitrogen and oxygen atoms in total. The molecule has 1 saturated heterocycles. The average molecular weight is 327 g/mol. The zero-order valence-electron chi connectivity index (χ0n) is 14.9. The maximum Gasteiger partial charge on any atom is 0.254 e. The molecule has 1 amide bonds. The number of pyridine rings is 1. The molecule has 128 valence electrons. The van der Waals surface area contributed by atoms with Gasteiger partial charge in [0.15, 0.2) is 0 Å². The van der Waals surface area contributed by atoms with Gasteiger partial charge in [-0.3, -0.25) is 9.48 Å². The first kappa shape index (κ1) is 16.5. The van der Waals surface area contributed by atoms with Crippen LogP contribution in [0.1, 0.15) is 40.6 Å². The molecule has 1 aliphatic rings. The summed E-state index contributed by atoms with van der Waals surface area (Å²) in [6.07, 6.45) is 3.76. The second kappa shape index (κ2) is 6.63. The number of aromatic nitrogens is 3. The van der Waals surface area contributed by atoms with Crippen LogP contribution in [0.15, 0.2) is 24.4 Å². The molecule has 0 aliphatic carbocycles. The van der Waals surface area contributed by atoms with Crippen molar-refractivity contribution >= 4 is 11.7 Å². The van der Waals surface area contributed by atoms with Crippen LogP contribution >= 0.6 is 0 Å². The van der Waals surface area contributed by atoms with Gasteiger partial charge in [-0.1, -0.05) is 0 Å². The summed E-state index contributed by atoms with van der Waals surface area (Å²) in [5.41, 5.74) is 2.88. The van der Waals surface area contributed by atoms with Gasteiger partial charge in [0.1, 0.15) is 5.82 Å². The van der Waals surface area contributed by atoms with Gasteiger partial charge in [0, 0.05) is 44.6 Å². The van der Waals surface area contributed by atoms with E-state index in [2.05, 4.69) is 27.8 Å². The van der Waals surface area contributed by atoms with Crippen molar-refractivity contribution in [1.82, 2.24) is 19.7 Å². The molecule has 0 unspecified atom stereocenters. The number of carbonyl (C=O) groups is 1. The molecule has 1 atom stereocenters. The minimum absolute atomic E-state index is 0.0757. The van der Waals surface area contributed by atoms with Crippen LogP contribution in [0.2, 0.25) is 0 Å². The number of hydrogen-bond acceptors (Lipinski definition) is 4. The van der Waals surface area contributed by atoms with Crippen molar-refractivity contribution in [1.29, 1.82) is 0 Å². The summed E-state index contributed by atoms with van der Waals surface area (Å²) in [5.74, 6) is 0.875. The third-order valence-electron chi connectivity index (χ3n) is 4.52. The van der Waals surface area contributed by atoms with E-state index < -0.39 is 0 Å². The van der Waals surface area contributed by atoms with E-state index in [0.29, 0.717) is 12.1 Å². The molecule has 0 aromatic carbocycles. The SMILES string of the molecule is Cc1cc(C)n([C@H]2CCCN(C(=O)c3ccnc(N(C)C)c3)C2)n1. The lowest BCUT2D eigenvalue weighted by molar-refractivity contribution is 0.0671. The summed E-state index contributed by atoms with van der Waals surface area (Å²) in [5, 5.41) is 4.60. The lowest BCUT2D eigenvalue weighted by Crippen LogP contribution is -2.41. The fourth-order valence-electron chi connectivity index (χ4n) is 3.33. The fraction of sp³-hybridized carbons (Fsp3) is 0.500. The van der Waals surface area contributed by atoms with Crippen molar-refractivity contribution in [2.24, 2.45) is 0 Å². The highest BCUT2D eigenvalue weighted by Gasteiger charge is 2.27. The molecular formula is C18H25N5O. The van der Waals surface area contributed by atoms with Crippen molar-refractivity contribution in [2.75, 3.05) is 32.1 Å². The van der Waals surface area contributed by atoms with Gasteiger partial charge < -0.3 is 9.80 Å². The summed E-state index contributed by atoms with van der Waals surface area (Å²) in [4.78, 5) is 21.0. The highest BCUT2D eigenvalue weighted by atomic mass is 16.2. The van der Waals surface area contributed by atoms with E-state index in [0.717, 1.165) is 36.6 Å². The molecule has 1 fully saturated rings. The molecule has 3 heterocycles.